The number of hydrogen-bond acceptors (Lipinski definition) is 4. The number of amides is 3. The van der Waals surface area contributed by atoms with Gasteiger partial charge in [-0.2, -0.15) is 0 Å². The molecule has 6 nitrogen and oxygen atoms in total. The standard InChI is InChI=1S/C20H18ClFN2O4/c1-20(2,24-18(26)13-5-3-4-6-14(13)19(24)27)11-28-10-17(25)23-12-7-8-16(22)15(21)9-12/h3-9H,10-11H2,1-2H3,(H,23,25). The highest BCUT2D eigenvalue weighted by Gasteiger charge is 2.44. The van der Waals surface area contributed by atoms with E-state index in [4.69, 9.17) is 16.3 Å². The first kappa shape index (κ1) is 20.0. The Kier molecular flexibility index (Phi) is 5.49. The molecule has 1 N–H and O–H groups in total. The minimum Gasteiger partial charge on any atom is -0.369 e. The summed E-state index contributed by atoms with van der Waals surface area (Å²) in [5.74, 6) is -1.83. The minimum atomic E-state index is -0.952. The molecule has 0 bridgehead atoms. The number of rotatable bonds is 6. The monoisotopic (exact) mass is 404 g/mol. The van der Waals surface area contributed by atoms with Crippen LogP contribution in [0, 0.1) is 5.82 Å². The molecule has 2 aromatic carbocycles. The van der Waals surface area contributed by atoms with Gasteiger partial charge in [-0.15, -0.1) is 0 Å². The van der Waals surface area contributed by atoms with Gasteiger partial charge in [0.15, 0.2) is 0 Å². The van der Waals surface area contributed by atoms with Crippen LogP contribution in [0.25, 0.3) is 0 Å². The molecule has 28 heavy (non-hydrogen) atoms. The second-order valence-electron chi connectivity index (χ2n) is 6.97. The topological polar surface area (TPSA) is 75.7 Å². The van der Waals surface area contributed by atoms with E-state index in [1.165, 1.54) is 12.1 Å². The number of hydrogen-bond donors (Lipinski definition) is 1. The maximum atomic E-state index is 13.2. The summed E-state index contributed by atoms with van der Waals surface area (Å²) in [4.78, 5) is 38.3. The molecule has 1 heterocycles. The highest BCUT2D eigenvalue weighted by molar-refractivity contribution is 6.31. The lowest BCUT2D eigenvalue weighted by Crippen LogP contribution is -2.50. The molecule has 8 heteroatoms. The van der Waals surface area contributed by atoms with Crippen molar-refractivity contribution >= 4 is 35.0 Å². The van der Waals surface area contributed by atoms with Crippen LogP contribution in [-0.2, 0) is 9.53 Å². The van der Waals surface area contributed by atoms with Crippen molar-refractivity contribution in [1.29, 1.82) is 0 Å². The van der Waals surface area contributed by atoms with Crippen LogP contribution in [0.2, 0.25) is 5.02 Å². The maximum absolute atomic E-state index is 13.2. The predicted molar refractivity (Wildman–Crippen MR) is 102 cm³/mol. The second-order valence-corrected chi connectivity index (χ2v) is 7.38. The summed E-state index contributed by atoms with van der Waals surface area (Å²) in [6.45, 7) is 3.04. The SMILES string of the molecule is CC(C)(COCC(=O)Nc1ccc(F)c(Cl)c1)N1C(=O)c2ccccc2C1=O. The fourth-order valence-electron chi connectivity index (χ4n) is 2.97. The molecular weight excluding hydrogens is 387 g/mol. The summed E-state index contributed by atoms with van der Waals surface area (Å²) >= 11 is 5.67. The first-order valence-corrected chi connectivity index (χ1v) is 8.89. The number of carbonyl (C=O) groups excluding carboxylic acids is 3. The van der Waals surface area contributed by atoms with Crippen LogP contribution in [0.5, 0.6) is 0 Å². The van der Waals surface area contributed by atoms with Crippen LogP contribution >= 0.6 is 11.6 Å². The zero-order valence-corrected chi connectivity index (χ0v) is 16.0. The van der Waals surface area contributed by atoms with Gasteiger partial charge in [0, 0.05) is 5.69 Å². The molecule has 0 atom stereocenters. The number of anilines is 1. The highest BCUT2D eigenvalue weighted by Crippen LogP contribution is 2.29. The van der Waals surface area contributed by atoms with Gasteiger partial charge in [-0.3, -0.25) is 19.3 Å². The van der Waals surface area contributed by atoms with Gasteiger partial charge in [0.1, 0.15) is 12.4 Å². The van der Waals surface area contributed by atoms with Crippen LogP contribution in [0.15, 0.2) is 42.5 Å². The van der Waals surface area contributed by atoms with E-state index in [1.807, 2.05) is 0 Å². The lowest BCUT2D eigenvalue weighted by atomic mass is 10.0. The number of halogens is 2. The molecule has 0 aliphatic carbocycles. The summed E-state index contributed by atoms with van der Waals surface area (Å²) in [6.07, 6.45) is 0. The van der Waals surface area contributed by atoms with E-state index in [0.717, 1.165) is 11.0 Å². The summed E-state index contributed by atoms with van der Waals surface area (Å²) in [5, 5.41) is 2.43. The number of nitrogens with one attached hydrogen (secondary N) is 1. The molecule has 1 aliphatic rings. The van der Waals surface area contributed by atoms with Crippen LogP contribution in [0.4, 0.5) is 10.1 Å². The van der Waals surface area contributed by atoms with Gasteiger partial charge in [-0.05, 0) is 44.2 Å². The van der Waals surface area contributed by atoms with E-state index in [-0.39, 0.29) is 30.1 Å². The van der Waals surface area contributed by atoms with E-state index in [2.05, 4.69) is 5.32 Å². The fraction of sp³-hybridized carbons (Fsp3) is 0.250. The minimum absolute atomic E-state index is 0.0317. The molecule has 146 valence electrons. The van der Waals surface area contributed by atoms with Crippen molar-refractivity contribution in [3.8, 4) is 0 Å². The Bertz CT molecular complexity index is 926. The predicted octanol–water partition coefficient (Wildman–Crippen LogP) is 3.51. The van der Waals surface area contributed by atoms with Crippen molar-refractivity contribution in [2.24, 2.45) is 0 Å². The number of benzene rings is 2. The number of nitrogens with zero attached hydrogens (tertiary/aromatic N) is 1. The van der Waals surface area contributed by atoms with Crippen LogP contribution in [0.3, 0.4) is 0 Å². The summed E-state index contributed by atoms with van der Waals surface area (Å²) in [7, 11) is 0. The third-order valence-electron chi connectivity index (χ3n) is 4.29. The van der Waals surface area contributed by atoms with Crippen molar-refractivity contribution in [3.63, 3.8) is 0 Å². The third kappa shape index (κ3) is 3.90. The van der Waals surface area contributed by atoms with Gasteiger partial charge in [-0.1, -0.05) is 23.7 Å². The van der Waals surface area contributed by atoms with E-state index < -0.39 is 17.3 Å². The van der Waals surface area contributed by atoms with Gasteiger partial charge < -0.3 is 10.1 Å². The number of fused-ring (bicyclic) bond motifs is 1. The lowest BCUT2D eigenvalue weighted by Gasteiger charge is -2.33. The van der Waals surface area contributed by atoms with Gasteiger partial charge >= 0.3 is 0 Å². The van der Waals surface area contributed by atoms with E-state index in [1.54, 1.807) is 38.1 Å². The third-order valence-corrected chi connectivity index (χ3v) is 4.58. The Morgan fingerprint density at radius 2 is 1.75 bits per heavy atom. The Balaban J connectivity index is 1.58. The fourth-order valence-corrected chi connectivity index (χ4v) is 3.15. The zero-order valence-electron chi connectivity index (χ0n) is 15.3. The van der Waals surface area contributed by atoms with Crippen molar-refractivity contribution in [2.45, 2.75) is 19.4 Å². The average Bonchev–Trinajstić information content (AvgIpc) is 2.90. The van der Waals surface area contributed by atoms with E-state index >= 15 is 0 Å². The first-order valence-electron chi connectivity index (χ1n) is 8.51. The van der Waals surface area contributed by atoms with Crippen molar-refractivity contribution in [1.82, 2.24) is 4.90 Å². The number of imide groups is 1. The quantitative estimate of drug-likeness (QED) is 0.747. The van der Waals surface area contributed by atoms with Crippen LogP contribution in [-0.4, -0.2) is 41.4 Å². The summed E-state index contributed by atoms with van der Waals surface area (Å²) in [6, 6.07) is 10.4. The normalized spacial score (nSPS) is 13.6. The summed E-state index contributed by atoms with van der Waals surface area (Å²) in [5.41, 5.74) is 0.0877. The molecule has 2 aromatic rings. The molecule has 0 unspecified atom stereocenters. The smallest absolute Gasteiger partial charge is 0.262 e. The first-order chi connectivity index (χ1) is 13.2. The molecule has 3 rings (SSSR count). The lowest BCUT2D eigenvalue weighted by molar-refractivity contribution is -0.121. The largest absolute Gasteiger partial charge is 0.369 e. The Labute approximate surface area is 166 Å². The van der Waals surface area contributed by atoms with Gasteiger partial charge in [0.05, 0.1) is 28.3 Å². The van der Waals surface area contributed by atoms with Gasteiger partial charge in [-0.25, -0.2) is 4.39 Å². The van der Waals surface area contributed by atoms with Gasteiger partial charge in [0.25, 0.3) is 11.8 Å². The van der Waals surface area contributed by atoms with Crippen molar-refractivity contribution in [3.05, 3.63) is 64.4 Å². The molecule has 0 aromatic heterocycles. The Morgan fingerprint density at radius 1 is 1.14 bits per heavy atom. The molecule has 0 radical (unpaired) electrons. The molecule has 3 amide bonds. The van der Waals surface area contributed by atoms with Crippen molar-refractivity contribution < 1.29 is 23.5 Å². The Morgan fingerprint density at radius 3 is 2.32 bits per heavy atom. The second kappa shape index (κ2) is 7.69. The average molecular weight is 405 g/mol. The Hall–Kier alpha value is -2.77. The molecule has 0 saturated heterocycles. The van der Waals surface area contributed by atoms with E-state index in [0.29, 0.717) is 16.8 Å². The molecule has 1 aliphatic heterocycles. The molecule has 0 spiro atoms. The molecule has 0 fully saturated rings. The maximum Gasteiger partial charge on any atom is 0.262 e. The number of carbonyl (C=O) groups is 3. The van der Waals surface area contributed by atoms with Crippen LogP contribution < -0.4 is 5.32 Å². The van der Waals surface area contributed by atoms with Crippen molar-refractivity contribution in [2.75, 3.05) is 18.5 Å². The van der Waals surface area contributed by atoms with Gasteiger partial charge in [0.2, 0.25) is 5.91 Å². The molecular formula is C20H18ClFN2O4. The van der Waals surface area contributed by atoms with E-state index in [9.17, 15) is 18.8 Å². The molecule has 0 saturated carbocycles. The summed E-state index contributed by atoms with van der Waals surface area (Å²) < 4.78 is 18.6. The zero-order chi connectivity index (χ0) is 20.5. The van der Waals surface area contributed by atoms with Crippen LogP contribution in [0.1, 0.15) is 34.6 Å². The number of ether oxygens (including phenoxy) is 1. The highest BCUT2D eigenvalue weighted by atomic mass is 35.5.